The molecular formula is C13H22N4O. The quantitative estimate of drug-likeness (QED) is 0.839. The fourth-order valence-electron chi connectivity index (χ4n) is 2.27. The first-order chi connectivity index (χ1) is 8.81. The lowest BCUT2D eigenvalue weighted by Gasteiger charge is -2.22. The highest BCUT2D eigenvalue weighted by molar-refractivity contribution is 5.55. The first kappa shape index (κ1) is 13.1. The lowest BCUT2D eigenvalue weighted by molar-refractivity contribution is 0.0134. The maximum Gasteiger partial charge on any atom is 0.134 e. The second kappa shape index (κ2) is 6.54. The molecule has 5 heteroatoms. The van der Waals surface area contributed by atoms with E-state index in [1.54, 1.807) is 6.33 Å². The van der Waals surface area contributed by atoms with Crippen molar-refractivity contribution in [2.75, 3.05) is 30.8 Å². The molecule has 0 saturated carbocycles. The van der Waals surface area contributed by atoms with Crippen molar-refractivity contribution in [3.05, 3.63) is 11.9 Å². The van der Waals surface area contributed by atoms with Gasteiger partial charge in [-0.05, 0) is 32.6 Å². The third-order valence-corrected chi connectivity index (χ3v) is 3.35. The van der Waals surface area contributed by atoms with Crippen LogP contribution in [0, 0.1) is 6.92 Å². The van der Waals surface area contributed by atoms with Gasteiger partial charge in [0.1, 0.15) is 18.0 Å². The summed E-state index contributed by atoms with van der Waals surface area (Å²) >= 11 is 0. The molecule has 1 aromatic heterocycles. The molecule has 1 atom stereocenters. The van der Waals surface area contributed by atoms with Gasteiger partial charge in [0.2, 0.25) is 0 Å². The molecule has 1 saturated heterocycles. The van der Waals surface area contributed by atoms with Crippen LogP contribution in [0.25, 0.3) is 0 Å². The van der Waals surface area contributed by atoms with Gasteiger partial charge < -0.3 is 15.4 Å². The van der Waals surface area contributed by atoms with Crippen LogP contribution in [0.2, 0.25) is 0 Å². The van der Waals surface area contributed by atoms with Crippen LogP contribution in [0.5, 0.6) is 0 Å². The van der Waals surface area contributed by atoms with Gasteiger partial charge in [-0.15, -0.1) is 0 Å². The second-order valence-electron chi connectivity index (χ2n) is 4.65. The normalized spacial score (nSPS) is 19.6. The minimum atomic E-state index is 0.414. The van der Waals surface area contributed by atoms with Gasteiger partial charge in [-0.1, -0.05) is 0 Å². The van der Waals surface area contributed by atoms with Crippen LogP contribution in [0.4, 0.5) is 11.6 Å². The third-order valence-electron chi connectivity index (χ3n) is 3.35. The van der Waals surface area contributed by atoms with E-state index in [0.29, 0.717) is 6.10 Å². The maximum atomic E-state index is 5.71. The minimum Gasteiger partial charge on any atom is -0.378 e. The van der Waals surface area contributed by atoms with E-state index in [1.165, 1.54) is 19.3 Å². The molecule has 1 unspecified atom stereocenters. The summed E-state index contributed by atoms with van der Waals surface area (Å²) in [6.45, 7) is 3.83. The number of aromatic nitrogens is 2. The first-order valence-electron chi connectivity index (χ1n) is 6.66. The van der Waals surface area contributed by atoms with Gasteiger partial charge in [-0.3, -0.25) is 0 Å². The van der Waals surface area contributed by atoms with E-state index in [9.17, 15) is 0 Å². The molecule has 2 N–H and O–H groups in total. The molecule has 0 bridgehead atoms. The standard InChI is InChI=1S/C13H22N4O/c1-10-12(14-2)16-9-17-13(10)15-7-6-11-5-3-4-8-18-11/h9,11H,3-8H2,1-2H3,(H2,14,15,16,17). The summed E-state index contributed by atoms with van der Waals surface area (Å²) in [5, 5.41) is 6.42. The molecule has 18 heavy (non-hydrogen) atoms. The topological polar surface area (TPSA) is 59.1 Å². The number of hydrogen-bond acceptors (Lipinski definition) is 5. The summed E-state index contributed by atoms with van der Waals surface area (Å²) < 4.78 is 5.71. The SMILES string of the molecule is CNc1ncnc(NCCC2CCCCO2)c1C. The Balaban J connectivity index is 1.82. The van der Waals surface area contributed by atoms with Crippen molar-refractivity contribution < 1.29 is 4.74 Å². The Hall–Kier alpha value is -1.36. The summed E-state index contributed by atoms with van der Waals surface area (Å²) in [6, 6.07) is 0. The largest absolute Gasteiger partial charge is 0.378 e. The molecule has 1 aliphatic rings. The highest BCUT2D eigenvalue weighted by Crippen LogP contribution is 2.19. The molecule has 100 valence electrons. The Morgan fingerprint density at radius 1 is 1.33 bits per heavy atom. The summed E-state index contributed by atoms with van der Waals surface area (Å²) in [4.78, 5) is 8.43. The Morgan fingerprint density at radius 3 is 2.89 bits per heavy atom. The van der Waals surface area contributed by atoms with Crippen molar-refractivity contribution in [3.63, 3.8) is 0 Å². The first-order valence-corrected chi connectivity index (χ1v) is 6.66. The van der Waals surface area contributed by atoms with Gasteiger partial charge in [-0.2, -0.15) is 0 Å². The minimum absolute atomic E-state index is 0.414. The zero-order valence-corrected chi connectivity index (χ0v) is 11.2. The predicted octanol–water partition coefficient (Wildman–Crippen LogP) is 2.20. The van der Waals surface area contributed by atoms with Crippen LogP contribution >= 0.6 is 0 Å². The summed E-state index contributed by atoms with van der Waals surface area (Å²) in [7, 11) is 1.87. The number of hydrogen-bond donors (Lipinski definition) is 2. The van der Waals surface area contributed by atoms with E-state index in [1.807, 2.05) is 14.0 Å². The van der Waals surface area contributed by atoms with Gasteiger partial charge in [-0.25, -0.2) is 9.97 Å². The average Bonchev–Trinajstić information content (AvgIpc) is 2.42. The van der Waals surface area contributed by atoms with Crippen molar-refractivity contribution in [2.24, 2.45) is 0 Å². The molecule has 0 radical (unpaired) electrons. The van der Waals surface area contributed by atoms with Crippen LogP contribution < -0.4 is 10.6 Å². The number of nitrogens with zero attached hydrogens (tertiary/aromatic N) is 2. The fraction of sp³-hybridized carbons (Fsp3) is 0.692. The molecule has 1 aliphatic heterocycles. The Morgan fingerprint density at radius 2 is 2.17 bits per heavy atom. The molecule has 0 aliphatic carbocycles. The van der Waals surface area contributed by atoms with Gasteiger partial charge in [0, 0.05) is 25.8 Å². The molecule has 1 aromatic rings. The molecule has 5 nitrogen and oxygen atoms in total. The van der Waals surface area contributed by atoms with Crippen LogP contribution in [-0.4, -0.2) is 36.3 Å². The van der Waals surface area contributed by atoms with Crippen molar-refractivity contribution in [1.82, 2.24) is 9.97 Å². The number of anilines is 2. The van der Waals surface area contributed by atoms with Crippen molar-refractivity contribution >= 4 is 11.6 Å². The maximum absolute atomic E-state index is 5.71. The van der Waals surface area contributed by atoms with Crippen molar-refractivity contribution in [1.29, 1.82) is 0 Å². The Bertz CT molecular complexity index is 377. The zero-order valence-electron chi connectivity index (χ0n) is 11.2. The Kier molecular flexibility index (Phi) is 4.75. The van der Waals surface area contributed by atoms with Crippen LogP contribution in [0.15, 0.2) is 6.33 Å². The highest BCUT2D eigenvalue weighted by Gasteiger charge is 2.13. The summed E-state index contributed by atoms with van der Waals surface area (Å²) in [5.41, 5.74) is 1.06. The van der Waals surface area contributed by atoms with E-state index in [4.69, 9.17) is 4.74 Å². The lowest BCUT2D eigenvalue weighted by atomic mass is 10.1. The van der Waals surface area contributed by atoms with Gasteiger partial charge in [0.15, 0.2) is 0 Å². The molecule has 0 aromatic carbocycles. The third kappa shape index (κ3) is 3.32. The summed E-state index contributed by atoms with van der Waals surface area (Å²) in [6.07, 6.45) is 6.72. The Labute approximate surface area is 108 Å². The van der Waals surface area contributed by atoms with Gasteiger partial charge in [0.25, 0.3) is 0 Å². The smallest absolute Gasteiger partial charge is 0.134 e. The number of nitrogens with one attached hydrogen (secondary N) is 2. The van der Waals surface area contributed by atoms with E-state index in [0.717, 1.165) is 36.8 Å². The summed E-state index contributed by atoms with van der Waals surface area (Å²) in [5.74, 6) is 1.78. The fourth-order valence-corrected chi connectivity index (χ4v) is 2.27. The molecule has 0 spiro atoms. The van der Waals surface area contributed by atoms with Crippen molar-refractivity contribution in [2.45, 2.75) is 38.7 Å². The van der Waals surface area contributed by atoms with Crippen molar-refractivity contribution in [3.8, 4) is 0 Å². The molecule has 1 fully saturated rings. The van der Waals surface area contributed by atoms with Gasteiger partial charge in [0.05, 0.1) is 6.10 Å². The molecule has 2 rings (SSSR count). The second-order valence-corrected chi connectivity index (χ2v) is 4.65. The molecule has 0 amide bonds. The molecular weight excluding hydrogens is 228 g/mol. The van der Waals surface area contributed by atoms with Crippen LogP contribution in [-0.2, 0) is 4.74 Å². The molecule has 2 heterocycles. The lowest BCUT2D eigenvalue weighted by Crippen LogP contribution is -2.22. The predicted molar refractivity (Wildman–Crippen MR) is 73.0 cm³/mol. The number of ether oxygens (including phenoxy) is 1. The van der Waals surface area contributed by atoms with Crippen LogP contribution in [0.3, 0.4) is 0 Å². The van der Waals surface area contributed by atoms with E-state index in [-0.39, 0.29) is 0 Å². The van der Waals surface area contributed by atoms with Crippen LogP contribution in [0.1, 0.15) is 31.2 Å². The van der Waals surface area contributed by atoms with E-state index < -0.39 is 0 Å². The van der Waals surface area contributed by atoms with E-state index >= 15 is 0 Å². The monoisotopic (exact) mass is 250 g/mol. The number of rotatable bonds is 5. The van der Waals surface area contributed by atoms with E-state index in [2.05, 4.69) is 20.6 Å². The zero-order chi connectivity index (χ0) is 12.8. The highest BCUT2D eigenvalue weighted by atomic mass is 16.5. The van der Waals surface area contributed by atoms with Gasteiger partial charge >= 0.3 is 0 Å². The average molecular weight is 250 g/mol.